The van der Waals surface area contributed by atoms with Gasteiger partial charge in [-0.05, 0) is 32.0 Å². The molecule has 0 aliphatic carbocycles. The molecule has 0 aliphatic heterocycles. The number of aromatic amines is 1. The minimum Gasteiger partial charge on any atom is -0.463 e. The Kier molecular flexibility index (Phi) is 4.79. The first-order chi connectivity index (χ1) is 14.4. The van der Waals surface area contributed by atoms with Gasteiger partial charge in [-0.25, -0.2) is 9.59 Å². The fraction of sp³-hybridized carbons (Fsp3) is 0.227. The molecule has 4 rings (SSSR count). The summed E-state index contributed by atoms with van der Waals surface area (Å²) in [4.78, 5) is 42.0. The van der Waals surface area contributed by atoms with Gasteiger partial charge in [0.15, 0.2) is 0 Å². The van der Waals surface area contributed by atoms with Crippen molar-refractivity contribution in [2.75, 3.05) is 13.2 Å². The Hall–Kier alpha value is -3.65. The van der Waals surface area contributed by atoms with Gasteiger partial charge in [0.1, 0.15) is 5.65 Å². The molecule has 0 fully saturated rings. The number of carbonyl (C=O) groups is 2. The van der Waals surface area contributed by atoms with Crippen molar-refractivity contribution >= 4 is 39.4 Å². The molecule has 0 radical (unpaired) electrons. The average molecular weight is 408 g/mol. The van der Waals surface area contributed by atoms with Crippen molar-refractivity contribution in [2.24, 2.45) is 0 Å². The van der Waals surface area contributed by atoms with Crippen LogP contribution < -0.4 is 5.56 Å². The van der Waals surface area contributed by atoms with Crippen molar-refractivity contribution in [3.63, 3.8) is 0 Å². The van der Waals surface area contributed by atoms with Gasteiger partial charge in [-0.15, -0.1) is 0 Å². The molecule has 0 atom stereocenters. The van der Waals surface area contributed by atoms with Crippen LogP contribution in [0, 0.1) is 0 Å². The monoisotopic (exact) mass is 408 g/mol. The Labute approximate surface area is 170 Å². The van der Waals surface area contributed by atoms with E-state index >= 15 is 0 Å². The topological polar surface area (TPSA) is 110 Å². The van der Waals surface area contributed by atoms with Crippen LogP contribution in [0.5, 0.6) is 0 Å². The Morgan fingerprint density at radius 1 is 0.967 bits per heavy atom. The van der Waals surface area contributed by atoms with Crippen LogP contribution in [0.15, 0.2) is 53.3 Å². The van der Waals surface area contributed by atoms with Crippen molar-refractivity contribution in [1.29, 1.82) is 0 Å². The maximum absolute atomic E-state index is 13.3. The third kappa shape index (κ3) is 2.68. The molecule has 0 spiro atoms. The quantitative estimate of drug-likeness (QED) is 0.387. The summed E-state index contributed by atoms with van der Waals surface area (Å²) < 4.78 is 11.4. The minimum atomic E-state index is -2.76. The molecule has 0 bridgehead atoms. The highest BCUT2D eigenvalue weighted by atomic mass is 16.6. The van der Waals surface area contributed by atoms with E-state index in [1.807, 2.05) is 0 Å². The van der Waals surface area contributed by atoms with Crippen LogP contribution in [0.25, 0.3) is 27.5 Å². The Morgan fingerprint density at radius 2 is 1.53 bits per heavy atom. The number of hydrogen-bond donors (Lipinski definition) is 2. The highest BCUT2D eigenvalue weighted by molar-refractivity contribution is 6.11. The fourth-order valence-corrected chi connectivity index (χ4v) is 3.72. The number of H-pyrrole nitrogens is 1. The minimum absolute atomic E-state index is 0.0519. The first kappa shape index (κ1) is 19.7. The maximum Gasteiger partial charge on any atom is 0.355 e. The smallest absolute Gasteiger partial charge is 0.355 e. The van der Waals surface area contributed by atoms with Gasteiger partial charge in [-0.2, -0.15) is 0 Å². The number of carbonyl (C=O) groups excluding carboxylic acids is 2. The lowest BCUT2D eigenvalue weighted by molar-refractivity contribution is -0.184. The summed E-state index contributed by atoms with van der Waals surface area (Å²) in [5.41, 5.74) is -2.15. The van der Waals surface area contributed by atoms with Crippen LogP contribution in [0.3, 0.4) is 0 Å². The fourth-order valence-electron chi connectivity index (χ4n) is 3.72. The van der Waals surface area contributed by atoms with Gasteiger partial charge in [0, 0.05) is 5.39 Å². The number of ether oxygens (including phenoxy) is 2. The molecule has 2 N–H and O–H groups in total. The van der Waals surface area contributed by atoms with Gasteiger partial charge in [0.05, 0.1) is 35.2 Å². The van der Waals surface area contributed by atoms with Gasteiger partial charge >= 0.3 is 11.9 Å². The highest BCUT2D eigenvalue weighted by Crippen LogP contribution is 2.36. The summed E-state index contributed by atoms with van der Waals surface area (Å²) in [6, 6.07) is 13.6. The first-order valence-electron chi connectivity index (χ1n) is 9.56. The molecule has 0 aliphatic rings. The Bertz CT molecular complexity index is 1330. The summed E-state index contributed by atoms with van der Waals surface area (Å²) in [6.45, 7) is 3.02. The molecule has 0 unspecified atom stereocenters. The van der Waals surface area contributed by atoms with E-state index in [0.717, 1.165) is 0 Å². The SMILES string of the molecule is CCOC(=O)C(O)(C(=O)OCC)c1c2ccccc2n2c(=O)c3ccccc3[nH]c12. The van der Waals surface area contributed by atoms with Crippen LogP contribution in [-0.2, 0) is 24.7 Å². The molecule has 8 heteroatoms. The molecule has 2 aromatic carbocycles. The number of esters is 2. The molecule has 154 valence electrons. The molecule has 30 heavy (non-hydrogen) atoms. The second kappa shape index (κ2) is 7.31. The number of rotatable bonds is 5. The number of aromatic nitrogens is 2. The number of nitrogens with one attached hydrogen (secondary N) is 1. The van der Waals surface area contributed by atoms with E-state index in [-0.39, 0.29) is 30.0 Å². The zero-order chi connectivity index (χ0) is 21.5. The molecule has 8 nitrogen and oxygen atoms in total. The van der Waals surface area contributed by atoms with Crippen molar-refractivity contribution in [3.05, 3.63) is 64.4 Å². The zero-order valence-corrected chi connectivity index (χ0v) is 16.5. The Morgan fingerprint density at radius 3 is 2.17 bits per heavy atom. The summed E-state index contributed by atoms with van der Waals surface area (Å²) in [6.07, 6.45) is 0. The van der Waals surface area contributed by atoms with Gasteiger partial charge in [-0.1, -0.05) is 30.3 Å². The van der Waals surface area contributed by atoms with E-state index in [1.165, 1.54) is 4.40 Å². The molecule has 4 aromatic rings. The molecule has 2 heterocycles. The molecule has 0 saturated heterocycles. The van der Waals surface area contributed by atoms with E-state index in [0.29, 0.717) is 21.8 Å². The van der Waals surface area contributed by atoms with E-state index in [2.05, 4.69) is 4.98 Å². The molecular formula is C22H20N2O6. The average Bonchev–Trinajstić information content (AvgIpc) is 3.08. The number of para-hydroxylation sites is 2. The van der Waals surface area contributed by atoms with Crippen molar-refractivity contribution in [2.45, 2.75) is 19.4 Å². The molecule has 0 saturated carbocycles. The van der Waals surface area contributed by atoms with Crippen molar-refractivity contribution in [3.8, 4) is 0 Å². The van der Waals surface area contributed by atoms with Gasteiger partial charge in [0.2, 0.25) is 0 Å². The second-order valence-electron chi connectivity index (χ2n) is 6.70. The van der Waals surface area contributed by atoms with Gasteiger partial charge < -0.3 is 19.6 Å². The summed E-state index contributed by atoms with van der Waals surface area (Å²) >= 11 is 0. The van der Waals surface area contributed by atoms with Gasteiger partial charge in [0.25, 0.3) is 11.2 Å². The highest BCUT2D eigenvalue weighted by Gasteiger charge is 2.52. The van der Waals surface area contributed by atoms with Crippen molar-refractivity contribution < 1.29 is 24.2 Å². The summed E-state index contributed by atoms with van der Waals surface area (Å²) in [5, 5.41) is 12.2. The summed E-state index contributed by atoms with van der Waals surface area (Å²) in [5.74, 6) is -2.34. The predicted octanol–water partition coefficient (Wildman–Crippen LogP) is 2.25. The standard InChI is InChI=1S/C22H20N2O6/c1-3-29-20(26)22(28,21(27)30-4-2)17-14-10-6-8-12-16(14)24-18(17)23-15-11-7-5-9-13(15)19(24)25/h5-12,23,28H,3-4H2,1-2H3. The third-order valence-electron chi connectivity index (χ3n) is 4.99. The van der Waals surface area contributed by atoms with E-state index in [1.54, 1.807) is 62.4 Å². The van der Waals surface area contributed by atoms with Crippen molar-refractivity contribution in [1.82, 2.24) is 9.38 Å². The largest absolute Gasteiger partial charge is 0.463 e. The number of aliphatic hydroxyl groups is 1. The predicted molar refractivity (Wildman–Crippen MR) is 110 cm³/mol. The Balaban J connectivity index is 2.21. The van der Waals surface area contributed by atoms with Crippen LogP contribution in [0.4, 0.5) is 0 Å². The lowest BCUT2D eigenvalue weighted by atomic mass is 9.92. The number of benzene rings is 2. The normalized spacial score (nSPS) is 11.8. The van der Waals surface area contributed by atoms with Crippen LogP contribution in [-0.4, -0.2) is 39.6 Å². The van der Waals surface area contributed by atoms with Crippen LogP contribution in [0.1, 0.15) is 19.4 Å². The molecular weight excluding hydrogens is 388 g/mol. The van der Waals surface area contributed by atoms with Crippen LogP contribution >= 0.6 is 0 Å². The number of nitrogens with zero attached hydrogens (tertiary/aromatic N) is 1. The zero-order valence-electron chi connectivity index (χ0n) is 16.5. The lowest BCUT2D eigenvalue weighted by Crippen LogP contribution is -2.46. The second-order valence-corrected chi connectivity index (χ2v) is 6.70. The number of hydrogen-bond acceptors (Lipinski definition) is 6. The van der Waals surface area contributed by atoms with Gasteiger partial charge in [-0.3, -0.25) is 9.20 Å². The van der Waals surface area contributed by atoms with E-state index in [4.69, 9.17) is 9.47 Å². The third-order valence-corrected chi connectivity index (χ3v) is 4.99. The summed E-state index contributed by atoms with van der Waals surface area (Å²) in [7, 11) is 0. The van der Waals surface area contributed by atoms with E-state index < -0.39 is 17.5 Å². The number of fused-ring (bicyclic) bond motifs is 4. The van der Waals surface area contributed by atoms with E-state index in [9.17, 15) is 19.5 Å². The maximum atomic E-state index is 13.3. The first-order valence-corrected chi connectivity index (χ1v) is 9.56. The lowest BCUT2D eigenvalue weighted by Gasteiger charge is -2.23. The molecule has 2 aromatic heterocycles. The molecule has 0 amide bonds. The van der Waals surface area contributed by atoms with Crippen LogP contribution in [0.2, 0.25) is 0 Å².